The van der Waals surface area contributed by atoms with Gasteiger partial charge in [0.25, 0.3) is 0 Å². The lowest BCUT2D eigenvalue weighted by molar-refractivity contribution is 0.296. The van der Waals surface area contributed by atoms with E-state index in [9.17, 15) is 0 Å². The molecule has 213 valence electrons. The summed E-state index contributed by atoms with van der Waals surface area (Å²) < 4.78 is 6.32. The highest BCUT2D eigenvalue weighted by Crippen LogP contribution is 2.31. The van der Waals surface area contributed by atoms with E-state index in [1.54, 1.807) is 11.1 Å². The number of unbranched alkanes of at least 4 members (excludes halogenated alkanes) is 18. The Labute approximate surface area is 236 Å². The van der Waals surface area contributed by atoms with Crippen LogP contribution < -0.4 is 4.74 Å². The van der Waals surface area contributed by atoms with Gasteiger partial charge in [-0.2, -0.15) is 0 Å². The molecular weight excluding hydrogens is 464 g/mol. The van der Waals surface area contributed by atoms with Crippen molar-refractivity contribution in [3.05, 3.63) is 28.8 Å². The van der Waals surface area contributed by atoms with E-state index < -0.39 is 0 Å². The third-order valence-corrected chi connectivity index (χ3v) is 8.02. The minimum atomic E-state index is 0.0492. The van der Waals surface area contributed by atoms with Crippen LogP contribution in [0.3, 0.4) is 0 Å². The molecule has 1 unspecified atom stereocenters. The second kappa shape index (κ2) is 24.3. The quantitative estimate of drug-likeness (QED) is 0.0859. The Morgan fingerprint density at radius 2 is 0.892 bits per heavy atom. The minimum Gasteiger partial charge on any atom is -0.495 e. The third kappa shape index (κ3) is 17.4. The van der Waals surface area contributed by atoms with Gasteiger partial charge in [-0.05, 0) is 68.2 Å². The Balaban J connectivity index is 2.84. The number of aryl methyl sites for hydroxylation is 1. The lowest BCUT2D eigenvalue weighted by Gasteiger charge is -2.21. The summed E-state index contributed by atoms with van der Waals surface area (Å²) in [5.41, 5.74) is 4.85. The van der Waals surface area contributed by atoms with Crippen molar-refractivity contribution in [1.29, 1.82) is 0 Å². The van der Waals surface area contributed by atoms with E-state index in [0.29, 0.717) is 0 Å². The molecule has 2 heteroatoms. The smallest absolute Gasteiger partial charge is 0.122 e. The van der Waals surface area contributed by atoms with Gasteiger partial charge in [0.2, 0.25) is 0 Å². The van der Waals surface area contributed by atoms with Crippen molar-refractivity contribution in [3.8, 4) is 5.75 Å². The maximum Gasteiger partial charge on any atom is 0.122 e. The molecule has 0 amide bonds. The Kier molecular flexibility index (Phi) is 22.5. The molecule has 3 radical (unpaired) electrons. The highest BCUT2D eigenvalue weighted by Gasteiger charge is 2.15. The van der Waals surface area contributed by atoms with Crippen LogP contribution in [0.1, 0.15) is 179 Å². The summed E-state index contributed by atoms with van der Waals surface area (Å²) in [5, 5.41) is 0. The minimum absolute atomic E-state index is 0.0492. The van der Waals surface area contributed by atoms with Gasteiger partial charge in [-0.25, -0.2) is 0 Å². The predicted octanol–water partition coefficient (Wildman–Crippen LogP) is 11.5. The van der Waals surface area contributed by atoms with Gasteiger partial charge < -0.3 is 4.74 Å². The fourth-order valence-corrected chi connectivity index (χ4v) is 5.76. The largest absolute Gasteiger partial charge is 0.495 e. The van der Waals surface area contributed by atoms with Gasteiger partial charge in [-0.15, -0.1) is 0 Å². The van der Waals surface area contributed by atoms with Gasteiger partial charge in [0.1, 0.15) is 5.75 Å². The topological polar surface area (TPSA) is 9.23 Å². The Morgan fingerprint density at radius 3 is 1.32 bits per heavy atom. The standard InChI is InChI=1S/C35H63OSi/c1-5-8-11-14-17-20-23-26-32-29-30-35(36-31(4)37)34(28-25-22-19-16-13-10-7-3)33(32)27-24-21-18-15-12-9-6-2/h29-31H,5-28H2,1-4H3. The third-order valence-electron chi connectivity index (χ3n) is 7.90. The van der Waals surface area contributed by atoms with Crippen LogP contribution in [0, 0.1) is 0 Å². The van der Waals surface area contributed by atoms with E-state index >= 15 is 0 Å². The molecule has 0 N–H and O–H groups in total. The SMILES string of the molecule is CCCCCCCCCc1ccc(OC(C)[Si])c(CCCCCCCCC)c1CCCCCCCCC. The Bertz CT molecular complexity index is 638. The highest BCUT2D eigenvalue weighted by atomic mass is 28.1. The maximum atomic E-state index is 6.32. The number of rotatable bonds is 26. The first-order valence-electron chi connectivity index (χ1n) is 16.6. The summed E-state index contributed by atoms with van der Waals surface area (Å²) >= 11 is 0. The molecule has 1 rings (SSSR count). The first-order valence-corrected chi connectivity index (χ1v) is 17.2. The molecule has 0 heterocycles. The van der Waals surface area contributed by atoms with Crippen LogP contribution in [-0.2, 0) is 19.3 Å². The highest BCUT2D eigenvalue weighted by molar-refractivity contribution is 6.10. The van der Waals surface area contributed by atoms with Crippen LogP contribution in [0.15, 0.2) is 12.1 Å². The monoisotopic (exact) mass is 527 g/mol. The zero-order valence-corrected chi connectivity index (χ0v) is 26.6. The van der Waals surface area contributed by atoms with Crippen LogP contribution in [0.25, 0.3) is 0 Å². The fourth-order valence-electron chi connectivity index (χ4n) is 5.63. The normalized spacial score (nSPS) is 12.2. The van der Waals surface area contributed by atoms with Crippen LogP contribution in [0.2, 0.25) is 0 Å². The average Bonchev–Trinajstić information content (AvgIpc) is 2.88. The molecule has 0 saturated carbocycles. The summed E-state index contributed by atoms with van der Waals surface area (Å²) in [7, 11) is 3.71. The van der Waals surface area contributed by atoms with E-state index in [0.717, 1.165) is 5.75 Å². The van der Waals surface area contributed by atoms with Gasteiger partial charge in [0, 0.05) is 0 Å². The second-order valence-electron chi connectivity index (χ2n) is 11.6. The molecule has 1 atom stereocenters. The first kappa shape index (κ1) is 34.3. The predicted molar refractivity (Wildman–Crippen MR) is 167 cm³/mol. The van der Waals surface area contributed by atoms with E-state index in [-0.39, 0.29) is 5.73 Å². The second-order valence-corrected chi connectivity index (χ2v) is 12.4. The maximum absolute atomic E-state index is 6.32. The van der Waals surface area contributed by atoms with E-state index in [1.165, 1.54) is 160 Å². The summed E-state index contributed by atoms with van der Waals surface area (Å²) in [6.07, 6.45) is 32.6. The van der Waals surface area contributed by atoms with Crippen molar-refractivity contribution in [2.45, 2.75) is 188 Å². The van der Waals surface area contributed by atoms with Gasteiger partial charge >= 0.3 is 0 Å². The molecule has 1 aromatic rings. The van der Waals surface area contributed by atoms with E-state index in [2.05, 4.69) is 50.1 Å². The molecule has 1 aromatic carbocycles. The molecule has 0 bridgehead atoms. The first-order chi connectivity index (χ1) is 18.1. The van der Waals surface area contributed by atoms with E-state index in [4.69, 9.17) is 4.74 Å². The lowest BCUT2D eigenvalue weighted by Crippen LogP contribution is -2.14. The fraction of sp³-hybridized carbons (Fsp3) is 0.829. The molecule has 0 saturated heterocycles. The van der Waals surface area contributed by atoms with Crippen molar-refractivity contribution < 1.29 is 4.74 Å². The number of hydrogen-bond acceptors (Lipinski definition) is 1. The van der Waals surface area contributed by atoms with Gasteiger partial charge in [-0.3, -0.25) is 0 Å². The van der Waals surface area contributed by atoms with Crippen molar-refractivity contribution in [2.75, 3.05) is 0 Å². The zero-order valence-electron chi connectivity index (χ0n) is 25.6. The molecule has 1 nitrogen and oxygen atoms in total. The van der Waals surface area contributed by atoms with E-state index in [1.807, 2.05) is 0 Å². The Hall–Kier alpha value is -0.763. The molecule has 0 aliphatic carbocycles. The van der Waals surface area contributed by atoms with Crippen molar-refractivity contribution in [2.24, 2.45) is 0 Å². The number of ether oxygens (including phenoxy) is 1. The van der Waals surface area contributed by atoms with Crippen LogP contribution in [0.4, 0.5) is 0 Å². The van der Waals surface area contributed by atoms with Gasteiger partial charge in [0.15, 0.2) is 0 Å². The molecule has 0 aliphatic heterocycles. The number of benzene rings is 1. The molecule has 0 aliphatic rings. The van der Waals surface area contributed by atoms with Crippen LogP contribution in [-0.4, -0.2) is 16.0 Å². The van der Waals surface area contributed by atoms with Crippen molar-refractivity contribution in [1.82, 2.24) is 0 Å². The average molecular weight is 528 g/mol. The van der Waals surface area contributed by atoms with Crippen molar-refractivity contribution in [3.63, 3.8) is 0 Å². The molecular formula is C35H63OSi. The molecule has 0 spiro atoms. The van der Waals surface area contributed by atoms with Crippen molar-refractivity contribution >= 4 is 10.2 Å². The molecule has 0 fully saturated rings. The van der Waals surface area contributed by atoms with Gasteiger partial charge in [-0.1, -0.05) is 142 Å². The summed E-state index contributed by atoms with van der Waals surface area (Å²) in [6.45, 7) is 9.01. The molecule has 37 heavy (non-hydrogen) atoms. The summed E-state index contributed by atoms with van der Waals surface area (Å²) in [5.74, 6) is 1.13. The lowest BCUT2D eigenvalue weighted by atomic mass is 9.89. The molecule has 0 aromatic heterocycles. The zero-order chi connectivity index (χ0) is 27.0. The van der Waals surface area contributed by atoms with Crippen LogP contribution in [0.5, 0.6) is 5.75 Å². The number of hydrogen-bond donors (Lipinski definition) is 0. The van der Waals surface area contributed by atoms with Crippen LogP contribution >= 0.6 is 0 Å². The summed E-state index contributed by atoms with van der Waals surface area (Å²) in [6, 6.07) is 4.70. The summed E-state index contributed by atoms with van der Waals surface area (Å²) in [4.78, 5) is 0. The Morgan fingerprint density at radius 1 is 0.514 bits per heavy atom. The van der Waals surface area contributed by atoms with Gasteiger partial charge in [0.05, 0.1) is 16.0 Å².